The summed E-state index contributed by atoms with van der Waals surface area (Å²) in [6, 6.07) is 14.8. The van der Waals surface area contributed by atoms with Gasteiger partial charge in [-0.1, -0.05) is 50.1 Å². The Morgan fingerprint density at radius 1 is 0.880 bits per heavy atom. The maximum Gasteiger partial charge on any atom is 0.188 e. The van der Waals surface area contributed by atoms with Crippen molar-refractivity contribution in [1.82, 2.24) is 0 Å². The number of halogens is 2. The molecular formula is C21H18Br2O2. The lowest BCUT2D eigenvalue weighted by molar-refractivity contribution is 0.0953. The van der Waals surface area contributed by atoms with Crippen LogP contribution < -0.4 is 0 Å². The van der Waals surface area contributed by atoms with Gasteiger partial charge in [0.1, 0.15) is 0 Å². The number of carbonyl (C=O) groups is 2. The average Bonchev–Trinajstić information content (AvgIpc) is 2.63. The van der Waals surface area contributed by atoms with Crippen molar-refractivity contribution in [2.45, 2.75) is 25.7 Å². The minimum absolute atomic E-state index is 0.000966. The summed E-state index contributed by atoms with van der Waals surface area (Å²) in [6.45, 7) is 0. The number of carbonyl (C=O) groups excluding carboxylic acids is 2. The fourth-order valence-electron chi connectivity index (χ4n) is 3.18. The number of Topliss-reactive ketones (excluding diaryl/α,β-unsaturated/α-hetero) is 2. The SMILES string of the molecule is O=C(C[C@@H]1CCCC=C1C(=O)c1ccc(Br)cc1)c1ccc(Br)cc1. The lowest BCUT2D eigenvalue weighted by atomic mass is 9.80. The van der Waals surface area contributed by atoms with Gasteiger partial charge < -0.3 is 0 Å². The molecule has 0 saturated heterocycles. The maximum atomic E-state index is 12.9. The molecule has 1 aliphatic carbocycles. The molecule has 0 saturated carbocycles. The summed E-state index contributed by atoms with van der Waals surface area (Å²) in [5.74, 6) is 0.135. The molecule has 2 nitrogen and oxygen atoms in total. The first-order valence-electron chi connectivity index (χ1n) is 8.33. The van der Waals surface area contributed by atoms with Gasteiger partial charge in [-0.3, -0.25) is 9.59 Å². The number of ketones is 2. The highest BCUT2D eigenvalue weighted by Gasteiger charge is 2.26. The van der Waals surface area contributed by atoms with Crippen LogP contribution in [0.4, 0.5) is 0 Å². The van der Waals surface area contributed by atoms with Gasteiger partial charge in [0.25, 0.3) is 0 Å². The van der Waals surface area contributed by atoms with Crippen molar-refractivity contribution in [3.63, 3.8) is 0 Å². The highest BCUT2D eigenvalue weighted by atomic mass is 79.9. The third-order valence-corrected chi connectivity index (χ3v) is 5.58. The molecule has 0 aliphatic heterocycles. The van der Waals surface area contributed by atoms with E-state index in [1.165, 1.54) is 0 Å². The molecule has 0 spiro atoms. The molecule has 25 heavy (non-hydrogen) atoms. The molecule has 0 fully saturated rings. The van der Waals surface area contributed by atoms with E-state index in [9.17, 15) is 9.59 Å². The molecule has 0 aromatic heterocycles. The van der Waals surface area contributed by atoms with E-state index in [0.717, 1.165) is 33.8 Å². The number of rotatable bonds is 5. The Balaban J connectivity index is 1.77. The van der Waals surface area contributed by atoms with Crippen LogP contribution in [-0.4, -0.2) is 11.6 Å². The second-order valence-corrected chi connectivity index (χ2v) is 8.09. The topological polar surface area (TPSA) is 34.1 Å². The van der Waals surface area contributed by atoms with Crippen molar-refractivity contribution < 1.29 is 9.59 Å². The van der Waals surface area contributed by atoms with Gasteiger partial charge in [0.15, 0.2) is 11.6 Å². The first kappa shape index (κ1) is 18.3. The summed E-state index contributed by atoms with van der Waals surface area (Å²) in [6.07, 6.45) is 5.22. The van der Waals surface area contributed by atoms with E-state index in [1.807, 2.05) is 54.6 Å². The van der Waals surface area contributed by atoms with E-state index in [2.05, 4.69) is 31.9 Å². The zero-order valence-electron chi connectivity index (χ0n) is 13.7. The minimum atomic E-state index is 0.000966. The van der Waals surface area contributed by atoms with Crippen molar-refractivity contribution in [3.8, 4) is 0 Å². The van der Waals surface area contributed by atoms with Crippen LogP contribution in [0.3, 0.4) is 0 Å². The predicted octanol–water partition coefficient (Wildman–Crippen LogP) is 6.39. The first-order valence-corrected chi connectivity index (χ1v) is 9.92. The van der Waals surface area contributed by atoms with Crippen LogP contribution in [0.25, 0.3) is 0 Å². The highest BCUT2D eigenvalue weighted by molar-refractivity contribution is 9.10. The minimum Gasteiger partial charge on any atom is -0.294 e. The van der Waals surface area contributed by atoms with E-state index in [0.29, 0.717) is 17.5 Å². The van der Waals surface area contributed by atoms with Crippen molar-refractivity contribution in [1.29, 1.82) is 0 Å². The molecule has 2 aromatic carbocycles. The molecular weight excluding hydrogens is 444 g/mol. The zero-order chi connectivity index (χ0) is 17.8. The molecule has 4 heteroatoms. The van der Waals surface area contributed by atoms with Crippen molar-refractivity contribution in [2.24, 2.45) is 5.92 Å². The van der Waals surface area contributed by atoms with Crippen LogP contribution in [0, 0.1) is 5.92 Å². The standard InChI is InChI=1S/C21H18Br2O2/c22-17-9-5-14(6-10-17)20(24)13-16-3-1-2-4-19(16)21(25)15-7-11-18(23)12-8-15/h4-12,16H,1-3,13H2/t16-/m0/s1. The van der Waals surface area contributed by atoms with Gasteiger partial charge in [-0.2, -0.15) is 0 Å². The van der Waals surface area contributed by atoms with Gasteiger partial charge in [0, 0.05) is 26.5 Å². The number of benzene rings is 2. The van der Waals surface area contributed by atoms with Gasteiger partial charge in [-0.25, -0.2) is 0 Å². The lowest BCUT2D eigenvalue weighted by Gasteiger charge is -2.23. The maximum absolute atomic E-state index is 12.9. The van der Waals surface area contributed by atoms with Crippen molar-refractivity contribution in [3.05, 3.63) is 80.3 Å². The molecule has 0 unspecified atom stereocenters. The van der Waals surface area contributed by atoms with Crippen LogP contribution in [-0.2, 0) is 0 Å². The van der Waals surface area contributed by atoms with Gasteiger partial charge in [-0.15, -0.1) is 0 Å². The normalized spacial score (nSPS) is 17.0. The number of hydrogen-bond donors (Lipinski definition) is 0. The molecule has 128 valence electrons. The summed E-state index contributed by atoms with van der Waals surface area (Å²) in [5, 5.41) is 0. The van der Waals surface area contributed by atoms with Crippen LogP contribution >= 0.6 is 31.9 Å². The Morgan fingerprint density at radius 2 is 1.44 bits per heavy atom. The molecule has 2 aromatic rings. The predicted molar refractivity (Wildman–Crippen MR) is 107 cm³/mol. The first-order chi connectivity index (χ1) is 12.0. The Kier molecular flexibility index (Phi) is 6.02. The second-order valence-electron chi connectivity index (χ2n) is 6.26. The molecule has 1 aliphatic rings. The molecule has 0 N–H and O–H groups in total. The van der Waals surface area contributed by atoms with Gasteiger partial charge >= 0.3 is 0 Å². The van der Waals surface area contributed by atoms with E-state index in [1.54, 1.807) is 0 Å². The highest BCUT2D eigenvalue weighted by Crippen LogP contribution is 2.31. The summed E-state index contributed by atoms with van der Waals surface area (Å²) < 4.78 is 1.90. The number of hydrogen-bond acceptors (Lipinski definition) is 2. The van der Waals surface area contributed by atoms with Gasteiger partial charge in [-0.05, 0) is 67.2 Å². The average molecular weight is 462 g/mol. The molecule has 0 bridgehead atoms. The van der Waals surface area contributed by atoms with Crippen molar-refractivity contribution in [2.75, 3.05) is 0 Å². The Labute approximate surface area is 164 Å². The van der Waals surface area contributed by atoms with Crippen molar-refractivity contribution >= 4 is 43.4 Å². The summed E-state index contributed by atoms with van der Waals surface area (Å²) in [7, 11) is 0. The molecule has 0 amide bonds. The smallest absolute Gasteiger partial charge is 0.188 e. The fraction of sp³-hybridized carbons (Fsp3) is 0.238. The van der Waals surface area contributed by atoms with Crippen LogP contribution in [0.1, 0.15) is 46.4 Å². The summed E-state index contributed by atoms with van der Waals surface area (Å²) >= 11 is 6.78. The Morgan fingerprint density at radius 3 is 2.04 bits per heavy atom. The van der Waals surface area contributed by atoms with E-state index < -0.39 is 0 Å². The Hall–Kier alpha value is -1.52. The van der Waals surface area contributed by atoms with Gasteiger partial charge in [0.05, 0.1) is 0 Å². The lowest BCUT2D eigenvalue weighted by Crippen LogP contribution is -2.20. The third-order valence-electron chi connectivity index (χ3n) is 4.53. The van der Waals surface area contributed by atoms with Crippen LogP contribution in [0.15, 0.2) is 69.1 Å². The van der Waals surface area contributed by atoms with Crippen LogP contribution in [0.2, 0.25) is 0 Å². The monoisotopic (exact) mass is 460 g/mol. The van der Waals surface area contributed by atoms with E-state index >= 15 is 0 Å². The molecule has 0 radical (unpaired) electrons. The largest absolute Gasteiger partial charge is 0.294 e. The third kappa shape index (κ3) is 4.56. The quantitative estimate of drug-likeness (QED) is 0.483. The Bertz CT molecular complexity index is 805. The second kappa shape index (κ2) is 8.24. The molecule has 1 atom stereocenters. The van der Waals surface area contributed by atoms with E-state index in [4.69, 9.17) is 0 Å². The summed E-state index contributed by atoms with van der Waals surface area (Å²) in [4.78, 5) is 25.5. The van der Waals surface area contributed by atoms with Gasteiger partial charge in [0.2, 0.25) is 0 Å². The molecule has 0 heterocycles. The van der Waals surface area contributed by atoms with Crippen LogP contribution in [0.5, 0.6) is 0 Å². The zero-order valence-corrected chi connectivity index (χ0v) is 16.8. The number of allylic oxidation sites excluding steroid dienone is 2. The fourth-order valence-corrected chi connectivity index (χ4v) is 3.71. The molecule has 3 rings (SSSR count). The van der Waals surface area contributed by atoms with E-state index in [-0.39, 0.29) is 17.5 Å². The summed E-state index contributed by atoms with van der Waals surface area (Å²) in [5.41, 5.74) is 2.17.